The number of rotatable bonds is 7. The Morgan fingerprint density at radius 2 is 1.75 bits per heavy atom. The average Bonchev–Trinajstić information content (AvgIpc) is 3.38. The first kappa shape index (κ1) is 27.6. The first-order chi connectivity index (χ1) is 19.2. The molecule has 208 valence electrons. The molecule has 40 heavy (non-hydrogen) atoms. The molecule has 2 aromatic heterocycles. The lowest BCUT2D eigenvalue weighted by molar-refractivity contribution is 0.0519. The molecule has 1 aliphatic heterocycles. The van der Waals surface area contributed by atoms with Crippen LogP contribution in [-0.2, 0) is 19.5 Å². The van der Waals surface area contributed by atoms with Crippen molar-refractivity contribution < 1.29 is 27.5 Å². The number of amides is 1. The number of carbonyl (C=O) groups is 2. The van der Waals surface area contributed by atoms with Gasteiger partial charge in [-0.05, 0) is 50.2 Å². The van der Waals surface area contributed by atoms with Gasteiger partial charge in [0, 0.05) is 29.4 Å². The van der Waals surface area contributed by atoms with Gasteiger partial charge in [0.15, 0.2) is 5.69 Å². The van der Waals surface area contributed by atoms with E-state index in [9.17, 15) is 22.8 Å². The molecule has 1 fully saturated rings. The second kappa shape index (κ2) is 11.3. The van der Waals surface area contributed by atoms with Gasteiger partial charge in [-0.3, -0.25) is 9.59 Å². The standard InChI is InChI=1S/C27H26N4O7S2/c1-3-38-27(34)23-21-16-39-25(22(21)26(33)31(29-23)19-8-4-17(2)5-9-19)28-24(32)18-6-10-20(11-7-18)40(35,36)30-12-14-37-15-13-30/h4-11,16H,3,12-15H2,1-2H3,(H,28,32). The molecular weight excluding hydrogens is 556 g/mol. The van der Waals surface area contributed by atoms with Crippen molar-refractivity contribution in [3.05, 3.63) is 81.1 Å². The molecule has 0 radical (unpaired) electrons. The highest BCUT2D eigenvalue weighted by Gasteiger charge is 2.27. The molecule has 4 aromatic rings. The zero-order valence-electron chi connectivity index (χ0n) is 21.7. The second-order valence-corrected chi connectivity index (χ2v) is 11.8. The third kappa shape index (κ3) is 5.28. The van der Waals surface area contributed by atoms with Crippen LogP contribution in [0, 0.1) is 6.92 Å². The number of esters is 1. The zero-order chi connectivity index (χ0) is 28.4. The van der Waals surface area contributed by atoms with Crippen molar-refractivity contribution >= 4 is 49.0 Å². The number of aryl methyl sites for hydroxylation is 1. The molecule has 11 nitrogen and oxygen atoms in total. The Balaban J connectivity index is 1.49. The van der Waals surface area contributed by atoms with E-state index in [2.05, 4.69) is 10.4 Å². The summed E-state index contributed by atoms with van der Waals surface area (Å²) in [5, 5.41) is 9.21. The number of ether oxygens (including phenoxy) is 2. The Kier molecular flexibility index (Phi) is 7.81. The van der Waals surface area contributed by atoms with Gasteiger partial charge in [-0.15, -0.1) is 11.3 Å². The predicted molar refractivity (Wildman–Crippen MR) is 150 cm³/mol. The molecule has 0 spiro atoms. The van der Waals surface area contributed by atoms with Gasteiger partial charge in [0.1, 0.15) is 5.00 Å². The van der Waals surface area contributed by atoms with Crippen molar-refractivity contribution in [2.75, 3.05) is 38.2 Å². The van der Waals surface area contributed by atoms with Gasteiger partial charge in [-0.25, -0.2) is 13.2 Å². The maximum absolute atomic E-state index is 13.6. The highest BCUT2D eigenvalue weighted by molar-refractivity contribution is 7.89. The van der Waals surface area contributed by atoms with Gasteiger partial charge < -0.3 is 14.8 Å². The number of nitrogens with one attached hydrogen (secondary N) is 1. The van der Waals surface area contributed by atoms with Crippen LogP contribution in [0.3, 0.4) is 0 Å². The number of nitrogens with zero attached hydrogens (tertiary/aromatic N) is 3. The minimum Gasteiger partial charge on any atom is -0.461 e. The van der Waals surface area contributed by atoms with Crippen molar-refractivity contribution in [3.8, 4) is 5.69 Å². The third-order valence-electron chi connectivity index (χ3n) is 6.35. The van der Waals surface area contributed by atoms with Crippen LogP contribution >= 0.6 is 11.3 Å². The van der Waals surface area contributed by atoms with E-state index in [0.717, 1.165) is 21.6 Å². The largest absolute Gasteiger partial charge is 0.461 e. The fourth-order valence-corrected chi connectivity index (χ4v) is 6.58. The monoisotopic (exact) mass is 582 g/mol. The Morgan fingerprint density at radius 1 is 1.07 bits per heavy atom. The lowest BCUT2D eigenvalue weighted by atomic mass is 10.2. The quantitative estimate of drug-likeness (QED) is 0.328. The van der Waals surface area contributed by atoms with Gasteiger partial charge in [-0.1, -0.05) is 17.7 Å². The SMILES string of the molecule is CCOC(=O)c1nn(-c2ccc(C)cc2)c(=O)c2c(NC(=O)c3ccc(S(=O)(=O)N4CCOCC4)cc3)scc12. The van der Waals surface area contributed by atoms with Crippen LogP contribution < -0.4 is 10.9 Å². The number of morpholine rings is 1. The number of aromatic nitrogens is 2. The van der Waals surface area contributed by atoms with Crippen LogP contribution in [0.1, 0.15) is 33.3 Å². The maximum Gasteiger partial charge on any atom is 0.359 e. The van der Waals surface area contributed by atoms with E-state index < -0.39 is 27.5 Å². The highest BCUT2D eigenvalue weighted by Crippen LogP contribution is 2.31. The fraction of sp³-hybridized carbons (Fsp3) is 0.259. The number of benzene rings is 2. The fourth-order valence-electron chi connectivity index (χ4n) is 4.24. The average molecular weight is 583 g/mol. The highest BCUT2D eigenvalue weighted by atomic mass is 32.2. The molecule has 1 amide bonds. The summed E-state index contributed by atoms with van der Waals surface area (Å²) >= 11 is 1.07. The van der Waals surface area contributed by atoms with Crippen LogP contribution in [0.2, 0.25) is 0 Å². The molecule has 0 unspecified atom stereocenters. The van der Waals surface area contributed by atoms with Gasteiger partial charge in [0.25, 0.3) is 11.5 Å². The molecule has 0 atom stereocenters. The summed E-state index contributed by atoms with van der Waals surface area (Å²) in [4.78, 5) is 39.5. The van der Waals surface area contributed by atoms with E-state index in [1.807, 2.05) is 19.1 Å². The Hall–Kier alpha value is -3.91. The summed E-state index contributed by atoms with van der Waals surface area (Å²) in [5.41, 5.74) is 1.06. The molecule has 5 rings (SSSR count). The number of carbonyl (C=O) groups excluding carboxylic acids is 2. The van der Waals surface area contributed by atoms with Gasteiger partial charge >= 0.3 is 5.97 Å². The van der Waals surface area contributed by atoms with Crippen molar-refractivity contribution in [2.24, 2.45) is 0 Å². The molecule has 3 heterocycles. The van der Waals surface area contributed by atoms with Gasteiger partial charge in [0.05, 0.1) is 35.8 Å². The van der Waals surface area contributed by atoms with E-state index in [4.69, 9.17) is 9.47 Å². The van der Waals surface area contributed by atoms with Crippen LogP contribution in [-0.4, -0.2) is 67.3 Å². The smallest absolute Gasteiger partial charge is 0.359 e. The first-order valence-electron chi connectivity index (χ1n) is 12.5. The van der Waals surface area contributed by atoms with Crippen LogP contribution in [0.5, 0.6) is 0 Å². The van der Waals surface area contributed by atoms with Crippen LogP contribution in [0.4, 0.5) is 5.00 Å². The number of fused-ring (bicyclic) bond motifs is 1. The molecule has 0 aliphatic carbocycles. The first-order valence-corrected chi connectivity index (χ1v) is 14.8. The van der Waals surface area contributed by atoms with E-state index in [-0.39, 0.29) is 51.6 Å². The number of hydrogen-bond donors (Lipinski definition) is 1. The summed E-state index contributed by atoms with van der Waals surface area (Å²) in [5.74, 6) is -1.24. The summed E-state index contributed by atoms with van der Waals surface area (Å²) < 4.78 is 38.7. The van der Waals surface area contributed by atoms with Crippen molar-refractivity contribution in [3.63, 3.8) is 0 Å². The molecule has 1 aliphatic rings. The second-order valence-electron chi connectivity index (χ2n) is 8.97. The Morgan fingerprint density at radius 3 is 2.40 bits per heavy atom. The van der Waals surface area contributed by atoms with Crippen LogP contribution in [0.25, 0.3) is 16.5 Å². The van der Waals surface area contributed by atoms with Gasteiger partial charge in [-0.2, -0.15) is 14.1 Å². The van der Waals surface area contributed by atoms with Crippen LogP contribution in [0.15, 0.2) is 63.6 Å². The zero-order valence-corrected chi connectivity index (χ0v) is 23.4. The number of anilines is 1. The molecule has 13 heteroatoms. The van der Waals surface area contributed by atoms with E-state index >= 15 is 0 Å². The van der Waals surface area contributed by atoms with Gasteiger partial charge in [0.2, 0.25) is 10.0 Å². The normalized spacial score (nSPS) is 14.2. The minimum atomic E-state index is -3.71. The predicted octanol–water partition coefficient (Wildman–Crippen LogP) is 3.21. The van der Waals surface area contributed by atoms with Crippen molar-refractivity contribution in [1.82, 2.24) is 14.1 Å². The summed E-state index contributed by atoms with van der Waals surface area (Å²) in [6, 6.07) is 12.6. The number of sulfonamides is 1. The van der Waals surface area contributed by atoms with Crippen molar-refractivity contribution in [1.29, 1.82) is 0 Å². The lowest BCUT2D eigenvalue weighted by Crippen LogP contribution is -2.40. The van der Waals surface area contributed by atoms with E-state index in [0.29, 0.717) is 18.9 Å². The molecule has 0 bridgehead atoms. The third-order valence-corrected chi connectivity index (χ3v) is 9.16. The van der Waals surface area contributed by atoms with E-state index in [1.54, 1.807) is 24.4 Å². The molecule has 1 saturated heterocycles. The molecular formula is C27H26N4O7S2. The molecule has 0 saturated carbocycles. The summed E-state index contributed by atoms with van der Waals surface area (Å²) in [6.45, 7) is 4.88. The summed E-state index contributed by atoms with van der Waals surface area (Å²) in [7, 11) is -3.71. The minimum absolute atomic E-state index is 0.0496. The molecule has 1 N–H and O–H groups in total. The number of hydrogen-bond acceptors (Lipinski definition) is 9. The number of thiophene rings is 1. The maximum atomic E-state index is 13.6. The lowest BCUT2D eigenvalue weighted by Gasteiger charge is -2.26. The molecule has 2 aromatic carbocycles. The van der Waals surface area contributed by atoms with E-state index in [1.165, 1.54) is 28.6 Å². The Bertz CT molecular complexity index is 1740. The topological polar surface area (TPSA) is 137 Å². The van der Waals surface area contributed by atoms with Crippen molar-refractivity contribution in [2.45, 2.75) is 18.7 Å². The Labute approximate surface area is 234 Å². The summed E-state index contributed by atoms with van der Waals surface area (Å²) in [6.07, 6.45) is 0.